The normalized spacial score (nSPS) is 33.2. The van der Waals surface area contributed by atoms with Crippen LogP contribution in [0.25, 0.3) is 0 Å². The summed E-state index contributed by atoms with van der Waals surface area (Å²) < 4.78 is 5.22. The van der Waals surface area contributed by atoms with E-state index in [1.807, 2.05) is 13.0 Å². The number of aromatic nitrogens is 1. The van der Waals surface area contributed by atoms with E-state index in [0.29, 0.717) is 6.04 Å². The van der Waals surface area contributed by atoms with E-state index >= 15 is 0 Å². The van der Waals surface area contributed by atoms with E-state index < -0.39 is 0 Å². The van der Waals surface area contributed by atoms with Crippen LogP contribution in [0.5, 0.6) is 0 Å². The molecule has 1 N–H and O–H groups in total. The first kappa shape index (κ1) is 11.2. The topological polar surface area (TPSA) is 41.3 Å². The molecule has 0 spiro atoms. The zero-order valence-electron chi connectivity index (χ0n) is 10.6. The van der Waals surface area contributed by atoms with Crippen LogP contribution < -0.4 is 5.32 Å². The van der Waals surface area contributed by atoms with Gasteiger partial charge in [-0.1, -0.05) is 5.16 Å². The summed E-state index contributed by atoms with van der Waals surface area (Å²) in [6, 6.07) is 4.25. The summed E-state index contributed by atoms with van der Waals surface area (Å²) >= 11 is 0. The van der Waals surface area contributed by atoms with Crippen molar-refractivity contribution in [2.75, 3.05) is 7.05 Å². The maximum atomic E-state index is 5.22. The summed E-state index contributed by atoms with van der Waals surface area (Å²) in [4.78, 5) is 2.57. The number of hydrogen-bond donors (Lipinski definition) is 1. The van der Waals surface area contributed by atoms with Gasteiger partial charge in [0.15, 0.2) is 5.76 Å². The SMILES string of the molecule is Cc1cc(CNC2CC3CCC(C2)N3C)on1. The van der Waals surface area contributed by atoms with Crippen molar-refractivity contribution in [2.24, 2.45) is 0 Å². The van der Waals surface area contributed by atoms with Gasteiger partial charge in [-0.3, -0.25) is 0 Å². The molecule has 4 heteroatoms. The lowest BCUT2D eigenvalue weighted by molar-refractivity contribution is 0.146. The van der Waals surface area contributed by atoms with Crippen molar-refractivity contribution < 1.29 is 4.52 Å². The van der Waals surface area contributed by atoms with Crippen LogP contribution in [0, 0.1) is 6.92 Å². The Morgan fingerprint density at radius 1 is 1.41 bits per heavy atom. The largest absolute Gasteiger partial charge is 0.360 e. The van der Waals surface area contributed by atoms with Gasteiger partial charge in [0.1, 0.15) is 0 Å². The Bertz CT molecular complexity index is 376. The minimum atomic E-state index is 0.647. The summed E-state index contributed by atoms with van der Waals surface area (Å²) in [5.74, 6) is 0.953. The molecule has 3 rings (SSSR count). The molecule has 2 fully saturated rings. The molecular weight excluding hydrogens is 214 g/mol. The van der Waals surface area contributed by atoms with Crippen molar-refractivity contribution in [3.05, 3.63) is 17.5 Å². The summed E-state index contributed by atoms with van der Waals surface area (Å²) in [6.45, 7) is 2.78. The average Bonchev–Trinajstić information content (AvgIpc) is 2.78. The highest BCUT2D eigenvalue weighted by atomic mass is 16.5. The van der Waals surface area contributed by atoms with Crippen molar-refractivity contribution in [2.45, 2.75) is 57.3 Å². The highest BCUT2D eigenvalue weighted by Crippen LogP contribution is 2.34. The molecule has 0 radical (unpaired) electrons. The molecule has 2 aliphatic heterocycles. The van der Waals surface area contributed by atoms with E-state index in [9.17, 15) is 0 Å². The Labute approximate surface area is 102 Å². The molecule has 0 aromatic carbocycles. The predicted molar refractivity (Wildman–Crippen MR) is 65.7 cm³/mol. The Hall–Kier alpha value is -0.870. The van der Waals surface area contributed by atoms with Gasteiger partial charge in [0, 0.05) is 24.2 Å². The van der Waals surface area contributed by atoms with Crippen molar-refractivity contribution >= 4 is 0 Å². The quantitative estimate of drug-likeness (QED) is 0.865. The number of fused-ring (bicyclic) bond motifs is 2. The highest BCUT2D eigenvalue weighted by Gasteiger charge is 2.38. The second-order valence-electron chi connectivity index (χ2n) is 5.53. The molecule has 4 nitrogen and oxygen atoms in total. The third kappa shape index (κ3) is 2.24. The Balaban J connectivity index is 1.54. The zero-order valence-corrected chi connectivity index (χ0v) is 10.6. The van der Waals surface area contributed by atoms with E-state index in [-0.39, 0.29) is 0 Å². The first-order chi connectivity index (χ1) is 8.22. The fraction of sp³-hybridized carbons (Fsp3) is 0.769. The maximum Gasteiger partial charge on any atom is 0.150 e. The summed E-state index contributed by atoms with van der Waals surface area (Å²) in [5, 5.41) is 7.52. The first-order valence-electron chi connectivity index (χ1n) is 6.60. The zero-order chi connectivity index (χ0) is 11.8. The minimum absolute atomic E-state index is 0.647. The van der Waals surface area contributed by atoms with Crippen LogP contribution in [0.3, 0.4) is 0 Å². The lowest BCUT2D eigenvalue weighted by Gasteiger charge is -2.36. The third-order valence-electron chi connectivity index (χ3n) is 4.34. The number of hydrogen-bond acceptors (Lipinski definition) is 4. The van der Waals surface area contributed by atoms with Crippen molar-refractivity contribution in [1.29, 1.82) is 0 Å². The molecule has 0 aliphatic carbocycles. The Kier molecular flexibility index (Phi) is 2.92. The summed E-state index contributed by atoms with van der Waals surface area (Å²) in [5.41, 5.74) is 0.963. The maximum absolute atomic E-state index is 5.22. The summed E-state index contributed by atoms with van der Waals surface area (Å²) in [6.07, 6.45) is 5.31. The third-order valence-corrected chi connectivity index (χ3v) is 4.34. The first-order valence-corrected chi connectivity index (χ1v) is 6.60. The van der Waals surface area contributed by atoms with Gasteiger partial charge in [-0.2, -0.15) is 0 Å². The predicted octanol–water partition coefficient (Wildman–Crippen LogP) is 1.70. The smallest absolute Gasteiger partial charge is 0.150 e. The van der Waals surface area contributed by atoms with Gasteiger partial charge in [0.05, 0.1) is 12.2 Å². The summed E-state index contributed by atoms with van der Waals surface area (Å²) in [7, 11) is 2.28. The minimum Gasteiger partial charge on any atom is -0.360 e. The van der Waals surface area contributed by atoms with Crippen molar-refractivity contribution in [3.8, 4) is 0 Å². The number of aryl methyl sites for hydroxylation is 1. The van der Waals surface area contributed by atoms with E-state index in [1.54, 1.807) is 0 Å². The fourth-order valence-corrected chi connectivity index (χ4v) is 3.32. The Morgan fingerprint density at radius 3 is 2.71 bits per heavy atom. The lowest BCUT2D eigenvalue weighted by atomic mass is 9.98. The van der Waals surface area contributed by atoms with Crippen LogP contribution >= 0.6 is 0 Å². The van der Waals surface area contributed by atoms with Crippen LogP contribution in [-0.2, 0) is 6.54 Å². The molecule has 3 heterocycles. The van der Waals surface area contributed by atoms with Gasteiger partial charge in [-0.25, -0.2) is 0 Å². The van der Waals surface area contributed by atoms with Gasteiger partial charge in [-0.05, 0) is 39.7 Å². The van der Waals surface area contributed by atoms with Crippen LogP contribution in [0.15, 0.2) is 10.6 Å². The monoisotopic (exact) mass is 235 g/mol. The van der Waals surface area contributed by atoms with E-state index in [4.69, 9.17) is 4.52 Å². The molecule has 2 unspecified atom stereocenters. The van der Waals surface area contributed by atoms with Gasteiger partial charge in [0.2, 0.25) is 0 Å². The van der Waals surface area contributed by atoms with Crippen LogP contribution in [-0.4, -0.2) is 35.2 Å². The Morgan fingerprint density at radius 2 is 2.12 bits per heavy atom. The molecule has 2 aliphatic rings. The number of nitrogens with zero attached hydrogens (tertiary/aromatic N) is 2. The van der Waals surface area contributed by atoms with E-state index in [2.05, 4.69) is 22.4 Å². The van der Waals surface area contributed by atoms with Crippen LogP contribution in [0.2, 0.25) is 0 Å². The molecule has 2 bridgehead atoms. The molecule has 1 aromatic rings. The van der Waals surface area contributed by atoms with Gasteiger partial charge in [0.25, 0.3) is 0 Å². The van der Waals surface area contributed by atoms with Gasteiger partial charge in [-0.15, -0.1) is 0 Å². The number of rotatable bonds is 3. The van der Waals surface area contributed by atoms with Crippen molar-refractivity contribution in [1.82, 2.24) is 15.4 Å². The molecule has 94 valence electrons. The standard InChI is InChI=1S/C13H21N3O/c1-9-5-13(17-15-9)8-14-10-6-11-3-4-12(7-10)16(11)2/h5,10-12,14H,3-4,6-8H2,1-2H3. The second kappa shape index (κ2) is 4.42. The average molecular weight is 235 g/mol. The molecule has 0 amide bonds. The second-order valence-corrected chi connectivity index (χ2v) is 5.53. The van der Waals surface area contributed by atoms with E-state index in [1.165, 1.54) is 25.7 Å². The number of nitrogens with one attached hydrogen (secondary N) is 1. The van der Waals surface area contributed by atoms with Gasteiger partial charge >= 0.3 is 0 Å². The molecule has 1 aromatic heterocycles. The molecular formula is C13H21N3O. The van der Waals surface area contributed by atoms with E-state index in [0.717, 1.165) is 30.1 Å². The van der Waals surface area contributed by atoms with Gasteiger partial charge < -0.3 is 14.7 Å². The molecule has 2 saturated heterocycles. The lowest BCUT2D eigenvalue weighted by Crippen LogP contribution is -2.46. The molecule has 17 heavy (non-hydrogen) atoms. The van der Waals surface area contributed by atoms with Crippen LogP contribution in [0.1, 0.15) is 37.1 Å². The van der Waals surface area contributed by atoms with Crippen molar-refractivity contribution in [3.63, 3.8) is 0 Å². The highest BCUT2D eigenvalue weighted by molar-refractivity contribution is 5.03. The number of piperidine rings is 1. The fourth-order valence-electron chi connectivity index (χ4n) is 3.32. The molecule has 0 saturated carbocycles. The van der Waals surface area contributed by atoms with Crippen LogP contribution in [0.4, 0.5) is 0 Å². The molecule has 2 atom stereocenters.